The molecule has 0 saturated carbocycles. The number of aliphatic hydroxyl groups is 1. The number of carbonyl (C=O) groups excluding carboxylic acids is 1. The number of pyridine rings is 1. The van der Waals surface area contributed by atoms with Crippen LogP contribution in [0.5, 0.6) is 0 Å². The summed E-state index contributed by atoms with van der Waals surface area (Å²) < 4.78 is 4.56. The van der Waals surface area contributed by atoms with Gasteiger partial charge in [0.05, 0.1) is 6.61 Å². The molecule has 1 aromatic heterocycles. The molecular formula is C10H10N2O4. The first-order valence-corrected chi connectivity index (χ1v) is 4.55. The van der Waals surface area contributed by atoms with E-state index in [1.165, 1.54) is 12.3 Å². The molecule has 1 aromatic rings. The minimum absolute atomic E-state index is 0.0881. The summed E-state index contributed by atoms with van der Waals surface area (Å²) in [5, 5.41) is 12.0. The lowest BCUT2D eigenvalue weighted by molar-refractivity contribution is -0.138. The molecule has 0 amide bonds. The van der Waals surface area contributed by atoms with E-state index in [4.69, 9.17) is 0 Å². The van der Waals surface area contributed by atoms with Gasteiger partial charge < -0.3 is 9.84 Å². The van der Waals surface area contributed by atoms with Crippen LogP contribution in [0.1, 0.15) is 12.6 Å². The summed E-state index contributed by atoms with van der Waals surface area (Å²) in [5.41, 5.74) is -0.592. The van der Waals surface area contributed by atoms with Gasteiger partial charge in [-0.2, -0.15) is 0 Å². The second-order valence-electron chi connectivity index (χ2n) is 2.72. The largest absolute Gasteiger partial charge is 0.504 e. The number of carbonyl (C=O) groups is 1. The third-order valence-corrected chi connectivity index (χ3v) is 1.69. The quantitative estimate of drug-likeness (QED) is 0.362. The molecule has 1 rings (SSSR count). The van der Waals surface area contributed by atoms with Gasteiger partial charge in [0.25, 0.3) is 0 Å². The molecule has 1 N–H and O–H groups in total. The molecule has 6 heteroatoms. The fourth-order valence-corrected chi connectivity index (χ4v) is 1.00. The number of aliphatic hydroxyl groups excluding tert-OH is 1. The van der Waals surface area contributed by atoms with Crippen molar-refractivity contribution in [1.82, 2.24) is 4.98 Å². The van der Waals surface area contributed by atoms with Crippen LogP contribution in [-0.4, -0.2) is 22.7 Å². The smallest absolute Gasteiger partial charge is 0.364 e. The highest BCUT2D eigenvalue weighted by Crippen LogP contribution is 2.15. The van der Waals surface area contributed by atoms with Crippen LogP contribution < -0.4 is 0 Å². The van der Waals surface area contributed by atoms with Crippen LogP contribution >= 0.6 is 0 Å². The Kier molecular flexibility index (Phi) is 4.14. The number of rotatable bonds is 4. The summed E-state index contributed by atoms with van der Waals surface area (Å²) in [4.78, 5) is 25.4. The first kappa shape index (κ1) is 11.8. The van der Waals surface area contributed by atoms with Crippen molar-refractivity contribution in [3.05, 3.63) is 40.7 Å². The van der Waals surface area contributed by atoms with E-state index in [1.54, 1.807) is 19.1 Å². The van der Waals surface area contributed by atoms with E-state index in [0.717, 1.165) is 0 Å². The van der Waals surface area contributed by atoms with E-state index in [1.807, 2.05) is 0 Å². The van der Waals surface area contributed by atoms with Gasteiger partial charge in [-0.25, -0.2) is 4.79 Å². The van der Waals surface area contributed by atoms with Gasteiger partial charge in [0.2, 0.25) is 5.70 Å². The van der Waals surface area contributed by atoms with Crippen LogP contribution in [0.2, 0.25) is 0 Å². The van der Waals surface area contributed by atoms with Crippen molar-refractivity contribution in [3.63, 3.8) is 0 Å². The van der Waals surface area contributed by atoms with Crippen molar-refractivity contribution in [2.24, 2.45) is 5.18 Å². The zero-order chi connectivity index (χ0) is 12.0. The monoisotopic (exact) mass is 222 g/mol. The lowest BCUT2D eigenvalue weighted by atomic mass is 10.2. The molecule has 0 atom stereocenters. The molecule has 0 aliphatic heterocycles. The first-order chi connectivity index (χ1) is 7.70. The molecule has 0 bridgehead atoms. The summed E-state index contributed by atoms with van der Waals surface area (Å²) in [7, 11) is 0. The molecule has 0 radical (unpaired) electrons. The van der Waals surface area contributed by atoms with Gasteiger partial charge in [0.15, 0.2) is 5.76 Å². The third-order valence-electron chi connectivity index (χ3n) is 1.69. The number of nitrogens with zero attached hydrogens (tertiary/aromatic N) is 2. The summed E-state index contributed by atoms with van der Waals surface area (Å²) in [6.45, 7) is 1.67. The Hall–Kier alpha value is -2.24. The maximum Gasteiger partial charge on any atom is 0.364 e. The van der Waals surface area contributed by atoms with E-state index in [-0.39, 0.29) is 12.3 Å². The SMILES string of the molecule is CCOC(=O)C(N=O)=C(O)c1ccccn1. The van der Waals surface area contributed by atoms with Crippen LogP contribution in [0.3, 0.4) is 0 Å². The number of esters is 1. The van der Waals surface area contributed by atoms with Crippen molar-refractivity contribution in [2.75, 3.05) is 6.61 Å². The zero-order valence-corrected chi connectivity index (χ0v) is 8.58. The topological polar surface area (TPSA) is 88.8 Å². The summed E-state index contributed by atoms with van der Waals surface area (Å²) >= 11 is 0. The van der Waals surface area contributed by atoms with Gasteiger partial charge in [0, 0.05) is 6.20 Å². The lowest BCUT2D eigenvalue weighted by Crippen LogP contribution is -2.08. The Morgan fingerprint density at radius 2 is 2.31 bits per heavy atom. The highest BCUT2D eigenvalue weighted by atomic mass is 16.5. The molecule has 0 aliphatic rings. The summed E-state index contributed by atoms with van der Waals surface area (Å²) in [6.07, 6.45) is 1.42. The minimum Gasteiger partial charge on any atom is -0.504 e. The third kappa shape index (κ3) is 2.63. The molecule has 16 heavy (non-hydrogen) atoms. The van der Waals surface area contributed by atoms with Crippen molar-refractivity contribution in [3.8, 4) is 0 Å². The predicted molar refractivity (Wildman–Crippen MR) is 56.2 cm³/mol. The van der Waals surface area contributed by atoms with E-state index in [2.05, 4.69) is 14.9 Å². The number of ether oxygens (including phenoxy) is 1. The molecule has 0 spiro atoms. The van der Waals surface area contributed by atoms with E-state index >= 15 is 0 Å². The predicted octanol–water partition coefficient (Wildman–Crippen LogP) is 1.64. The molecule has 0 aliphatic carbocycles. The van der Waals surface area contributed by atoms with Crippen molar-refractivity contribution in [1.29, 1.82) is 0 Å². The first-order valence-electron chi connectivity index (χ1n) is 4.55. The van der Waals surface area contributed by atoms with Crippen LogP contribution in [0.15, 0.2) is 35.3 Å². The van der Waals surface area contributed by atoms with Crippen molar-refractivity contribution >= 4 is 11.7 Å². The number of hydrogen-bond acceptors (Lipinski definition) is 6. The van der Waals surface area contributed by atoms with Crippen molar-refractivity contribution < 1.29 is 14.6 Å². The molecule has 0 saturated heterocycles. The van der Waals surface area contributed by atoms with Gasteiger partial charge in [-0.05, 0) is 24.2 Å². The maximum atomic E-state index is 11.2. The van der Waals surface area contributed by atoms with Gasteiger partial charge in [-0.15, -0.1) is 4.91 Å². The molecule has 6 nitrogen and oxygen atoms in total. The molecular weight excluding hydrogens is 212 g/mol. The van der Waals surface area contributed by atoms with Gasteiger partial charge >= 0.3 is 5.97 Å². The Morgan fingerprint density at radius 1 is 1.56 bits per heavy atom. The average Bonchev–Trinajstić information content (AvgIpc) is 2.31. The Morgan fingerprint density at radius 3 is 2.81 bits per heavy atom. The van der Waals surface area contributed by atoms with Crippen LogP contribution in [0, 0.1) is 4.91 Å². The number of nitroso groups, excluding NO2 is 1. The fraction of sp³-hybridized carbons (Fsp3) is 0.200. The molecule has 0 unspecified atom stereocenters. The average molecular weight is 222 g/mol. The number of hydrogen-bond donors (Lipinski definition) is 1. The number of aromatic nitrogens is 1. The van der Waals surface area contributed by atoms with Crippen LogP contribution in [0.25, 0.3) is 5.76 Å². The Labute approximate surface area is 91.6 Å². The highest BCUT2D eigenvalue weighted by Gasteiger charge is 2.19. The Balaban J connectivity index is 3.09. The molecule has 84 valence electrons. The standard InChI is InChI=1S/C10H10N2O4/c1-2-16-10(14)8(12-15)9(13)7-5-3-4-6-11-7/h3-6,13H,2H2,1H3. The van der Waals surface area contributed by atoms with Gasteiger partial charge in [-0.3, -0.25) is 4.98 Å². The fourth-order valence-electron chi connectivity index (χ4n) is 1.00. The van der Waals surface area contributed by atoms with E-state index in [0.29, 0.717) is 0 Å². The van der Waals surface area contributed by atoms with Crippen LogP contribution in [0.4, 0.5) is 0 Å². The van der Waals surface area contributed by atoms with Gasteiger partial charge in [0.1, 0.15) is 5.69 Å². The lowest BCUT2D eigenvalue weighted by Gasteiger charge is -2.02. The second-order valence-corrected chi connectivity index (χ2v) is 2.72. The molecule has 0 fully saturated rings. The normalized spacial score (nSPS) is 11.6. The highest BCUT2D eigenvalue weighted by molar-refractivity contribution is 5.95. The zero-order valence-electron chi connectivity index (χ0n) is 8.58. The Bertz CT molecular complexity index is 414. The summed E-state index contributed by atoms with van der Waals surface area (Å²) in [5.74, 6) is -1.56. The second kappa shape index (κ2) is 5.59. The van der Waals surface area contributed by atoms with E-state index < -0.39 is 17.4 Å². The molecule has 0 aromatic carbocycles. The van der Waals surface area contributed by atoms with E-state index in [9.17, 15) is 14.8 Å². The van der Waals surface area contributed by atoms with Gasteiger partial charge in [-0.1, -0.05) is 6.07 Å². The van der Waals surface area contributed by atoms with Crippen LogP contribution in [-0.2, 0) is 9.53 Å². The maximum absolute atomic E-state index is 11.2. The minimum atomic E-state index is -0.972. The molecule has 1 heterocycles. The summed E-state index contributed by atoms with van der Waals surface area (Å²) in [6, 6.07) is 4.68. The van der Waals surface area contributed by atoms with Crippen molar-refractivity contribution in [2.45, 2.75) is 6.92 Å².